The van der Waals surface area contributed by atoms with Crippen molar-refractivity contribution >= 4 is 23.6 Å². The largest absolute Gasteiger partial charge is 0.480 e. The van der Waals surface area contributed by atoms with E-state index in [0.29, 0.717) is 12.2 Å². The number of hydrogen-bond donors (Lipinski definition) is 2. The van der Waals surface area contributed by atoms with Crippen LogP contribution in [-0.2, 0) is 9.59 Å². The third kappa shape index (κ3) is 6.38. The highest BCUT2D eigenvalue weighted by molar-refractivity contribution is 8.01. The second kappa shape index (κ2) is 6.00. The van der Waals surface area contributed by atoms with Crippen molar-refractivity contribution in [3.05, 3.63) is 0 Å². The van der Waals surface area contributed by atoms with E-state index in [9.17, 15) is 9.59 Å². The molecule has 0 atom stereocenters. The molecule has 15 heavy (non-hydrogen) atoms. The minimum atomic E-state index is -0.850. The van der Waals surface area contributed by atoms with E-state index in [-0.39, 0.29) is 11.9 Å². The first-order valence-corrected chi connectivity index (χ1v) is 5.91. The van der Waals surface area contributed by atoms with Crippen LogP contribution in [0.3, 0.4) is 0 Å². The highest BCUT2D eigenvalue weighted by Gasteiger charge is 2.27. The average Bonchev–Trinajstić information content (AvgIpc) is 2.01. The van der Waals surface area contributed by atoms with Gasteiger partial charge in [-0.15, -0.1) is 11.8 Å². The molecular formula is C10H19NO3S. The maximum Gasteiger partial charge on any atom is 0.319 e. The van der Waals surface area contributed by atoms with Gasteiger partial charge in [-0.2, -0.15) is 0 Å². The van der Waals surface area contributed by atoms with Crippen LogP contribution in [0.5, 0.6) is 0 Å². The summed E-state index contributed by atoms with van der Waals surface area (Å²) >= 11 is 1.28. The lowest BCUT2D eigenvalue weighted by molar-refractivity contribution is -0.138. The normalized spacial score (nSPS) is 11.5. The summed E-state index contributed by atoms with van der Waals surface area (Å²) in [6.07, 6.45) is 0.361. The number of thioether (sulfide) groups is 1. The van der Waals surface area contributed by atoms with Gasteiger partial charge in [0.05, 0.1) is 0 Å². The molecule has 0 aliphatic carbocycles. The second-order valence-electron chi connectivity index (χ2n) is 4.14. The smallest absolute Gasteiger partial charge is 0.319 e. The number of rotatable bonds is 6. The van der Waals surface area contributed by atoms with Gasteiger partial charge in [-0.1, -0.05) is 0 Å². The van der Waals surface area contributed by atoms with E-state index in [2.05, 4.69) is 5.32 Å². The summed E-state index contributed by atoms with van der Waals surface area (Å²) in [5, 5.41) is 11.6. The number of carbonyl (C=O) groups excluding carboxylic acids is 1. The van der Waals surface area contributed by atoms with Gasteiger partial charge in [0.15, 0.2) is 0 Å². The van der Waals surface area contributed by atoms with Gasteiger partial charge in [-0.25, -0.2) is 0 Å². The van der Waals surface area contributed by atoms with E-state index < -0.39 is 10.7 Å². The van der Waals surface area contributed by atoms with Gasteiger partial charge < -0.3 is 10.4 Å². The van der Waals surface area contributed by atoms with E-state index in [1.807, 2.05) is 13.8 Å². The lowest BCUT2D eigenvalue weighted by atomic mass is 10.2. The third-order valence-corrected chi connectivity index (χ3v) is 3.06. The molecule has 88 valence electrons. The SMILES string of the molecule is CC(C)NC(=O)CCSC(C)(C)C(=O)O. The van der Waals surface area contributed by atoms with Crippen LogP contribution in [0, 0.1) is 0 Å². The van der Waals surface area contributed by atoms with Crippen LogP contribution in [0.4, 0.5) is 0 Å². The molecule has 5 heteroatoms. The van der Waals surface area contributed by atoms with E-state index in [0.717, 1.165) is 0 Å². The molecule has 0 radical (unpaired) electrons. The van der Waals surface area contributed by atoms with Gasteiger partial charge in [-0.05, 0) is 27.7 Å². The maximum absolute atomic E-state index is 11.2. The summed E-state index contributed by atoms with van der Waals surface area (Å²) in [6, 6.07) is 0.134. The highest BCUT2D eigenvalue weighted by atomic mass is 32.2. The number of hydrogen-bond acceptors (Lipinski definition) is 3. The number of aliphatic carboxylic acids is 1. The number of nitrogens with one attached hydrogen (secondary N) is 1. The minimum Gasteiger partial charge on any atom is -0.480 e. The first-order chi connectivity index (χ1) is 6.75. The zero-order valence-corrected chi connectivity index (χ0v) is 10.5. The molecule has 0 saturated carbocycles. The molecule has 2 N–H and O–H groups in total. The Hall–Kier alpha value is -0.710. The lowest BCUT2D eigenvalue weighted by Gasteiger charge is -2.18. The van der Waals surface area contributed by atoms with Crippen molar-refractivity contribution in [1.82, 2.24) is 5.32 Å². The van der Waals surface area contributed by atoms with Crippen LogP contribution in [0.1, 0.15) is 34.1 Å². The summed E-state index contributed by atoms with van der Waals surface area (Å²) in [5.74, 6) is -0.354. The fourth-order valence-electron chi connectivity index (χ4n) is 0.855. The van der Waals surface area contributed by atoms with Crippen LogP contribution < -0.4 is 5.32 Å². The van der Waals surface area contributed by atoms with Gasteiger partial charge in [0.1, 0.15) is 4.75 Å². The summed E-state index contributed by atoms with van der Waals surface area (Å²) in [4.78, 5) is 22.0. The van der Waals surface area contributed by atoms with Crippen LogP contribution in [-0.4, -0.2) is 33.5 Å². The van der Waals surface area contributed by atoms with Gasteiger partial charge in [0.25, 0.3) is 0 Å². The summed E-state index contributed by atoms with van der Waals surface area (Å²) in [5.41, 5.74) is 0. The zero-order chi connectivity index (χ0) is 12.1. The molecule has 0 aliphatic heterocycles. The molecule has 0 saturated heterocycles. The van der Waals surface area contributed by atoms with E-state index in [4.69, 9.17) is 5.11 Å². The fourth-order valence-corrected chi connectivity index (χ4v) is 1.78. The molecular weight excluding hydrogens is 214 g/mol. The second-order valence-corrected chi connectivity index (χ2v) is 5.85. The van der Waals surface area contributed by atoms with Crippen LogP contribution in [0.25, 0.3) is 0 Å². The van der Waals surface area contributed by atoms with Crippen molar-refractivity contribution in [3.63, 3.8) is 0 Å². The number of carboxylic acids is 1. The molecule has 0 aliphatic rings. The Balaban J connectivity index is 3.80. The average molecular weight is 233 g/mol. The van der Waals surface area contributed by atoms with Crippen LogP contribution in [0.15, 0.2) is 0 Å². The third-order valence-electron chi connectivity index (χ3n) is 1.76. The molecule has 0 fully saturated rings. The molecule has 0 aromatic carbocycles. The molecule has 0 heterocycles. The molecule has 0 bridgehead atoms. The number of carbonyl (C=O) groups is 2. The van der Waals surface area contributed by atoms with E-state index in [1.165, 1.54) is 11.8 Å². The number of carboxylic acid groups (broad SMARTS) is 1. The summed E-state index contributed by atoms with van der Waals surface area (Å²) in [7, 11) is 0. The Morgan fingerprint density at radius 1 is 1.40 bits per heavy atom. The van der Waals surface area contributed by atoms with Gasteiger partial charge in [-0.3, -0.25) is 9.59 Å². The van der Waals surface area contributed by atoms with Crippen molar-refractivity contribution in [2.75, 3.05) is 5.75 Å². The Morgan fingerprint density at radius 2 is 1.93 bits per heavy atom. The number of amides is 1. The fraction of sp³-hybridized carbons (Fsp3) is 0.800. The molecule has 0 rings (SSSR count). The van der Waals surface area contributed by atoms with Crippen molar-refractivity contribution in [3.8, 4) is 0 Å². The van der Waals surface area contributed by atoms with Crippen molar-refractivity contribution < 1.29 is 14.7 Å². The molecule has 0 aromatic rings. The lowest BCUT2D eigenvalue weighted by Crippen LogP contribution is -2.32. The standard InChI is InChI=1S/C10H19NO3S/c1-7(2)11-8(12)5-6-15-10(3,4)9(13)14/h7H,5-6H2,1-4H3,(H,11,12)(H,13,14). The molecule has 4 nitrogen and oxygen atoms in total. The highest BCUT2D eigenvalue weighted by Crippen LogP contribution is 2.24. The van der Waals surface area contributed by atoms with Crippen LogP contribution in [0.2, 0.25) is 0 Å². The van der Waals surface area contributed by atoms with Gasteiger partial charge in [0, 0.05) is 18.2 Å². The molecule has 0 aromatic heterocycles. The zero-order valence-electron chi connectivity index (χ0n) is 9.66. The predicted molar refractivity (Wildman–Crippen MR) is 62.1 cm³/mol. The van der Waals surface area contributed by atoms with Crippen molar-refractivity contribution in [2.24, 2.45) is 0 Å². The monoisotopic (exact) mass is 233 g/mol. The topological polar surface area (TPSA) is 66.4 Å². The van der Waals surface area contributed by atoms with Crippen molar-refractivity contribution in [1.29, 1.82) is 0 Å². The quantitative estimate of drug-likeness (QED) is 0.729. The molecule has 0 spiro atoms. The first-order valence-electron chi connectivity index (χ1n) is 4.92. The van der Waals surface area contributed by atoms with E-state index >= 15 is 0 Å². The first kappa shape index (κ1) is 14.3. The van der Waals surface area contributed by atoms with Gasteiger partial charge >= 0.3 is 5.97 Å². The van der Waals surface area contributed by atoms with Crippen molar-refractivity contribution in [2.45, 2.75) is 44.9 Å². The predicted octanol–water partition coefficient (Wildman–Crippen LogP) is 1.50. The Bertz CT molecular complexity index is 239. The summed E-state index contributed by atoms with van der Waals surface area (Å²) in [6.45, 7) is 7.07. The van der Waals surface area contributed by atoms with E-state index in [1.54, 1.807) is 13.8 Å². The minimum absolute atomic E-state index is 0.0290. The molecule has 1 amide bonds. The molecule has 0 unspecified atom stereocenters. The Morgan fingerprint density at radius 3 is 2.33 bits per heavy atom. The Labute approximate surface area is 94.8 Å². The maximum atomic E-state index is 11.2. The summed E-state index contributed by atoms with van der Waals surface area (Å²) < 4.78 is -0.821. The van der Waals surface area contributed by atoms with Crippen LogP contribution >= 0.6 is 11.8 Å². The van der Waals surface area contributed by atoms with Gasteiger partial charge in [0.2, 0.25) is 5.91 Å². The Kier molecular flexibility index (Phi) is 5.72.